The van der Waals surface area contributed by atoms with Crippen LogP contribution in [0.4, 0.5) is 0 Å². The average Bonchev–Trinajstić information content (AvgIpc) is 1.83. The minimum absolute atomic E-state index is 0.00766. The lowest BCUT2D eigenvalue weighted by Gasteiger charge is -2.58. The summed E-state index contributed by atoms with van der Waals surface area (Å²) in [6.07, 6.45) is -9.43. The molecule has 2 fully saturated rings. The van der Waals surface area contributed by atoms with Crippen molar-refractivity contribution < 1.29 is 61.5 Å². The molecule has 10 atom stereocenters. The molecule has 2 aliphatic heterocycles. The van der Waals surface area contributed by atoms with Gasteiger partial charge in [0.25, 0.3) is 9.87 Å². The molecule has 434 valence electrons. The predicted octanol–water partition coefficient (Wildman–Crippen LogP) is 11.9. The normalized spacial score (nSPS) is 24.0. The molecule has 0 bridgehead atoms. The summed E-state index contributed by atoms with van der Waals surface area (Å²) in [5, 5.41) is 0. The highest BCUT2D eigenvalue weighted by Crippen LogP contribution is 2.57. The van der Waals surface area contributed by atoms with Gasteiger partial charge in [0.2, 0.25) is 0 Å². The quantitative estimate of drug-likeness (QED) is 0.0374. The van der Waals surface area contributed by atoms with Gasteiger partial charge in [-0.3, -0.25) is 9.59 Å². The van der Waals surface area contributed by atoms with Gasteiger partial charge in [0, 0.05) is 36.2 Å². The minimum atomic E-state index is -2.65. The van der Waals surface area contributed by atoms with Gasteiger partial charge in [0.15, 0.2) is 12.2 Å². The molecule has 8 aromatic carbocycles. The highest BCUT2D eigenvalue weighted by atomic mass is 32.2. The van der Waals surface area contributed by atoms with Crippen LogP contribution in [0.25, 0.3) is 0 Å². The third-order valence-corrected chi connectivity index (χ3v) is 17.1. The van der Waals surface area contributed by atoms with Crippen LogP contribution in [0.2, 0.25) is 0 Å². The topological polar surface area (TPSA) is 150 Å². The van der Waals surface area contributed by atoms with Crippen LogP contribution in [0, 0.1) is 0 Å². The molecule has 0 radical (unpaired) electrons. The maximum atomic E-state index is 18.5. The molecule has 0 aromatic heterocycles. The minimum Gasteiger partial charge on any atom is -0.611 e. The zero-order valence-corrected chi connectivity index (χ0v) is 47.9. The monoisotopic (exact) mass is 1150 g/mol. The lowest BCUT2D eigenvalue weighted by atomic mass is 9.88. The second-order valence-electron chi connectivity index (χ2n) is 20.7. The van der Waals surface area contributed by atoms with Crippen LogP contribution in [0.5, 0.6) is 0 Å². The number of esters is 2. The summed E-state index contributed by atoms with van der Waals surface area (Å²) in [5.74, 6) is -1.15. The van der Waals surface area contributed by atoms with Crippen molar-refractivity contribution in [2.75, 3.05) is 13.2 Å². The summed E-state index contributed by atoms with van der Waals surface area (Å²) in [4.78, 5) is 22.0. The smallest absolute Gasteiger partial charge is 0.302 e. The Bertz CT molecular complexity index is 3010. The first kappa shape index (κ1) is 59.8. The summed E-state index contributed by atoms with van der Waals surface area (Å²) in [5.41, 5.74) is 5.83. The van der Waals surface area contributed by atoms with Crippen molar-refractivity contribution in [1.29, 1.82) is 0 Å². The predicted molar refractivity (Wildman–Crippen MR) is 318 cm³/mol. The van der Waals surface area contributed by atoms with Crippen LogP contribution < -0.4 is 0 Å². The van der Waals surface area contributed by atoms with E-state index in [1.165, 1.54) is 13.8 Å². The fourth-order valence-electron chi connectivity index (χ4n) is 10.9. The molecule has 0 amide bonds. The van der Waals surface area contributed by atoms with Crippen molar-refractivity contribution in [1.82, 2.24) is 0 Å². The van der Waals surface area contributed by atoms with Gasteiger partial charge >= 0.3 is 11.9 Å². The molecule has 0 unspecified atom stereocenters. The van der Waals surface area contributed by atoms with Gasteiger partial charge in [-0.05, 0) is 33.4 Å². The van der Waals surface area contributed by atoms with Gasteiger partial charge in [0.05, 0.1) is 39.6 Å². The van der Waals surface area contributed by atoms with Gasteiger partial charge in [0.1, 0.15) is 49.8 Å². The molecule has 2 saturated heterocycles. The maximum Gasteiger partial charge on any atom is 0.302 e. The van der Waals surface area contributed by atoms with Crippen molar-refractivity contribution in [3.05, 3.63) is 287 Å². The first-order chi connectivity index (χ1) is 41.2. The molecule has 84 heavy (non-hydrogen) atoms. The zero-order chi connectivity index (χ0) is 58.0. The standard InChI is InChI=1S/C70H70O13S/c1-51(71)74-49-61-63(76-43-53-27-11-3-12-28-53)65(78-45-55-31-15-5-16-32-55)67(80-47-57-35-19-7-20-36-57)69(82-61,59-39-23-9-24-40-59)84(73)70(60-41-25-10-26-42-60)68(81-48-58-37-21-8-22-38-58)66(79-46-56-33-17-6-18-34-56)64(62(83-70)50-75-52(2)72)77-44-54-29-13-4-14-30-54/h3-42,61-68H,43-50H2,1-2H3/t61-,62-,63-,64-,65+,66+,67-,68-,69+,70+/m1/s1. The number of ether oxygens (including phenoxy) is 10. The number of carbonyl (C=O) groups excluding carboxylic acids is 2. The van der Waals surface area contributed by atoms with Gasteiger partial charge in [-0.1, -0.05) is 243 Å². The number of rotatable bonds is 26. The van der Waals surface area contributed by atoms with Crippen LogP contribution in [0.15, 0.2) is 243 Å². The van der Waals surface area contributed by atoms with E-state index in [9.17, 15) is 9.59 Å². The molecule has 2 aliphatic rings. The van der Waals surface area contributed by atoms with E-state index in [-0.39, 0.29) is 52.9 Å². The van der Waals surface area contributed by atoms with Crippen LogP contribution in [-0.4, -0.2) is 78.5 Å². The second kappa shape index (κ2) is 29.5. The van der Waals surface area contributed by atoms with E-state index >= 15 is 4.55 Å². The zero-order valence-electron chi connectivity index (χ0n) is 47.1. The average molecular weight is 1150 g/mol. The lowest BCUT2D eigenvalue weighted by Crippen LogP contribution is -2.75. The molecule has 0 spiro atoms. The molecule has 0 N–H and O–H groups in total. The van der Waals surface area contributed by atoms with E-state index < -0.39 is 81.8 Å². The van der Waals surface area contributed by atoms with E-state index in [4.69, 9.17) is 47.4 Å². The Kier molecular flexibility index (Phi) is 21.0. The van der Waals surface area contributed by atoms with Crippen molar-refractivity contribution in [3.63, 3.8) is 0 Å². The second-order valence-corrected chi connectivity index (χ2v) is 22.5. The van der Waals surface area contributed by atoms with Crippen molar-refractivity contribution in [2.24, 2.45) is 0 Å². The van der Waals surface area contributed by atoms with E-state index in [1.807, 2.05) is 243 Å². The highest BCUT2D eigenvalue weighted by Gasteiger charge is 2.75. The number of benzene rings is 8. The fraction of sp³-hybridized carbons (Fsp3) is 0.286. The highest BCUT2D eigenvalue weighted by molar-refractivity contribution is 7.93. The lowest BCUT2D eigenvalue weighted by molar-refractivity contribution is -0.300. The molecule has 2 heterocycles. The van der Waals surface area contributed by atoms with Gasteiger partial charge in [-0.25, -0.2) is 0 Å². The Hall–Kier alpha value is -7.31. The fourth-order valence-corrected chi connectivity index (χ4v) is 13.3. The number of hydrogen-bond acceptors (Lipinski definition) is 13. The van der Waals surface area contributed by atoms with Crippen LogP contribution in [0.1, 0.15) is 58.4 Å². The summed E-state index contributed by atoms with van der Waals surface area (Å²) in [6, 6.07) is 76.6. The molecule has 14 heteroatoms. The molecular weight excluding hydrogens is 1080 g/mol. The molecule has 0 saturated carbocycles. The third-order valence-electron chi connectivity index (χ3n) is 14.9. The summed E-state index contributed by atoms with van der Waals surface area (Å²) in [7, 11) is 0. The van der Waals surface area contributed by atoms with E-state index in [0.717, 1.165) is 33.4 Å². The number of carbonyl (C=O) groups is 2. The van der Waals surface area contributed by atoms with Crippen LogP contribution in [0.3, 0.4) is 0 Å². The Balaban J connectivity index is 1.24. The molecule has 8 aromatic rings. The largest absolute Gasteiger partial charge is 0.611 e. The van der Waals surface area contributed by atoms with Gasteiger partial charge in [-0.2, -0.15) is 0 Å². The summed E-state index contributed by atoms with van der Waals surface area (Å²) < 4.78 is 89.6. The molecular formula is C70H70O13S. The summed E-state index contributed by atoms with van der Waals surface area (Å²) in [6.45, 7) is 2.24. The summed E-state index contributed by atoms with van der Waals surface area (Å²) >= 11 is -2.65. The Morgan fingerprint density at radius 3 is 0.833 bits per heavy atom. The molecule has 13 nitrogen and oxygen atoms in total. The van der Waals surface area contributed by atoms with Crippen molar-refractivity contribution in [2.45, 2.75) is 112 Å². The Morgan fingerprint density at radius 1 is 0.357 bits per heavy atom. The van der Waals surface area contributed by atoms with E-state index in [2.05, 4.69) is 0 Å². The SMILES string of the molecule is CC(=O)OC[C@H]1O[C@@](c2ccccc2)([S+]([O-])[C@]2(c3ccccc3)O[C@H](COC(C)=O)[C@@H](OCc3ccccc3)[C@H](OCc3ccccc3)[C@H]2OCc2ccccc2)[C@H](OCc2ccccc2)[C@@H](OCc2ccccc2)[C@@H]1OCc1ccccc1. The van der Waals surface area contributed by atoms with E-state index in [0.29, 0.717) is 11.1 Å². The molecule has 0 aliphatic carbocycles. The third kappa shape index (κ3) is 14.6. The Labute approximate surface area is 494 Å². The van der Waals surface area contributed by atoms with Gasteiger partial charge < -0.3 is 51.9 Å². The number of hydrogen-bond donors (Lipinski definition) is 0. The van der Waals surface area contributed by atoms with Gasteiger partial charge in [-0.15, -0.1) is 0 Å². The van der Waals surface area contributed by atoms with E-state index in [1.54, 1.807) is 0 Å². The molecule has 10 rings (SSSR count). The maximum absolute atomic E-state index is 18.5. The Morgan fingerprint density at radius 2 is 0.583 bits per heavy atom. The van der Waals surface area contributed by atoms with Crippen LogP contribution in [-0.2, 0) is 118 Å². The first-order valence-electron chi connectivity index (χ1n) is 28.3. The van der Waals surface area contributed by atoms with Crippen LogP contribution >= 0.6 is 0 Å². The first-order valence-corrected chi connectivity index (χ1v) is 29.4. The van der Waals surface area contributed by atoms with Crippen molar-refractivity contribution >= 4 is 23.1 Å². The van der Waals surface area contributed by atoms with Crippen molar-refractivity contribution in [3.8, 4) is 0 Å².